The van der Waals surface area contributed by atoms with E-state index in [1.807, 2.05) is 0 Å². The minimum absolute atomic E-state index is 0.0123. The van der Waals surface area contributed by atoms with Gasteiger partial charge in [0, 0.05) is 23.8 Å². The second kappa shape index (κ2) is 4.63. The Kier molecular flexibility index (Phi) is 3.19. The van der Waals surface area contributed by atoms with Crippen LogP contribution in [0.2, 0.25) is 5.02 Å². The van der Waals surface area contributed by atoms with Crippen LogP contribution >= 0.6 is 11.6 Å². The molecule has 0 amide bonds. The molecular formula is C11H11ClFN3O. The molecule has 0 fully saturated rings. The summed E-state index contributed by atoms with van der Waals surface area (Å²) in [5, 5.41) is 4.22. The van der Waals surface area contributed by atoms with E-state index in [2.05, 4.69) is 5.10 Å². The molecule has 0 saturated carbocycles. The maximum atomic E-state index is 13.5. The molecule has 0 bridgehead atoms. The first-order valence-corrected chi connectivity index (χ1v) is 5.29. The van der Waals surface area contributed by atoms with Gasteiger partial charge in [0.2, 0.25) is 0 Å². The summed E-state index contributed by atoms with van der Waals surface area (Å²) in [5.74, 6) is -0.558. The van der Waals surface area contributed by atoms with Crippen LogP contribution < -0.4 is 10.5 Å². The second-order valence-electron chi connectivity index (χ2n) is 3.62. The Morgan fingerprint density at radius 2 is 2.29 bits per heavy atom. The number of anilines is 1. The third kappa shape index (κ3) is 2.68. The van der Waals surface area contributed by atoms with E-state index in [0.29, 0.717) is 0 Å². The zero-order chi connectivity index (χ0) is 12.4. The molecule has 0 atom stereocenters. The van der Waals surface area contributed by atoms with E-state index in [0.717, 1.165) is 11.6 Å². The van der Waals surface area contributed by atoms with Gasteiger partial charge >= 0.3 is 0 Å². The minimum Gasteiger partial charge on any atom is -0.484 e. The van der Waals surface area contributed by atoms with Crippen LogP contribution in [0.15, 0.2) is 24.5 Å². The Hall–Kier alpha value is -1.75. The van der Waals surface area contributed by atoms with Gasteiger partial charge in [-0.05, 0) is 12.1 Å². The summed E-state index contributed by atoms with van der Waals surface area (Å²) in [6.45, 7) is 0.205. The number of rotatable bonds is 3. The van der Waals surface area contributed by atoms with E-state index >= 15 is 0 Å². The average Bonchev–Trinajstić information content (AvgIpc) is 2.62. The molecular weight excluding hydrogens is 245 g/mol. The van der Waals surface area contributed by atoms with Crippen LogP contribution in [0.3, 0.4) is 0 Å². The van der Waals surface area contributed by atoms with Crippen molar-refractivity contribution in [3.05, 3.63) is 40.9 Å². The maximum Gasteiger partial charge on any atom is 0.178 e. The van der Waals surface area contributed by atoms with E-state index in [9.17, 15) is 4.39 Å². The lowest BCUT2D eigenvalue weighted by Crippen LogP contribution is -2.00. The molecule has 2 N–H and O–H groups in total. The Morgan fingerprint density at radius 1 is 1.53 bits per heavy atom. The molecule has 1 heterocycles. The van der Waals surface area contributed by atoms with E-state index in [1.165, 1.54) is 6.07 Å². The van der Waals surface area contributed by atoms with Crippen LogP contribution in [0.4, 0.5) is 10.1 Å². The first-order valence-electron chi connectivity index (χ1n) is 4.91. The van der Waals surface area contributed by atoms with Gasteiger partial charge in [-0.1, -0.05) is 11.6 Å². The molecule has 4 nitrogen and oxygen atoms in total. The fourth-order valence-corrected chi connectivity index (χ4v) is 1.65. The van der Waals surface area contributed by atoms with Crippen molar-refractivity contribution in [1.29, 1.82) is 0 Å². The fraction of sp³-hybridized carbons (Fsp3) is 0.182. The van der Waals surface area contributed by atoms with Gasteiger partial charge in [-0.3, -0.25) is 4.68 Å². The molecule has 1 aromatic heterocycles. The number of aromatic nitrogens is 2. The number of hydrogen-bond donors (Lipinski definition) is 1. The van der Waals surface area contributed by atoms with Gasteiger partial charge in [0.05, 0.1) is 11.9 Å². The number of nitrogens with two attached hydrogens (primary N) is 1. The summed E-state index contributed by atoms with van der Waals surface area (Å²) in [6.07, 6.45) is 3.42. The third-order valence-electron chi connectivity index (χ3n) is 2.18. The molecule has 0 saturated heterocycles. The highest BCUT2D eigenvalue weighted by Gasteiger charge is 2.10. The van der Waals surface area contributed by atoms with Gasteiger partial charge in [0.1, 0.15) is 6.61 Å². The van der Waals surface area contributed by atoms with Crippen molar-refractivity contribution < 1.29 is 9.13 Å². The number of aryl methyl sites for hydroxylation is 1. The van der Waals surface area contributed by atoms with Crippen molar-refractivity contribution in [3.8, 4) is 5.75 Å². The largest absolute Gasteiger partial charge is 0.484 e. The summed E-state index contributed by atoms with van der Waals surface area (Å²) >= 11 is 5.65. The van der Waals surface area contributed by atoms with Crippen LogP contribution in [-0.4, -0.2) is 9.78 Å². The molecule has 6 heteroatoms. The van der Waals surface area contributed by atoms with Crippen molar-refractivity contribution >= 4 is 17.3 Å². The number of nitrogens with zero attached hydrogens (tertiary/aromatic N) is 2. The van der Waals surface area contributed by atoms with Crippen LogP contribution in [-0.2, 0) is 13.7 Å². The van der Waals surface area contributed by atoms with Gasteiger partial charge in [0.15, 0.2) is 11.6 Å². The van der Waals surface area contributed by atoms with Crippen molar-refractivity contribution in [2.45, 2.75) is 6.61 Å². The fourth-order valence-electron chi connectivity index (χ4n) is 1.43. The van der Waals surface area contributed by atoms with E-state index in [1.54, 1.807) is 24.1 Å². The predicted molar refractivity (Wildman–Crippen MR) is 63.4 cm³/mol. The van der Waals surface area contributed by atoms with Gasteiger partial charge < -0.3 is 10.5 Å². The SMILES string of the molecule is Cn1cc(COc2c(N)cc(Cl)cc2F)cn1. The van der Waals surface area contributed by atoms with Crippen LogP contribution in [0.1, 0.15) is 5.56 Å². The zero-order valence-electron chi connectivity index (χ0n) is 9.15. The lowest BCUT2D eigenvalue weighted by atomic mass is 10.3. The predicted octanol–water partition coefficient (Wildman–Crippen LogP) is 2.37. The van der Waals surface area contributed by atoms with Gasteiger partial charge in [0.25, 0.3) is 0 Å². The Bertz CT molecular complexity index is 518. The molecule has 2 rings (SSSR count). The molecule has 0 aliphatic rings. The summed E-state index contributed by atoms with van der Waals surface area (Å²) < 4.78 is 20.5. The minimum atomic E-state index is -0.570. The number of nitrogen functional groups attached to an aromatic ring is 1. The highest BCUT2D eigenvalue weighted by Crippen LogP contribution is 2.29. The highest BCUT2D eigenvalue weighted by atomic mass is 35.5. The summed E-state index contributed by atoms with van der Waals surface area (Å²) in [4.78, 5) is 0. The Balaban J connectivity index is 2.14. The van der Waals surface area contributed by atoms with Gasteiger partial charge in [-0.2, -0.15) is 5.10 Å². The summed E-state index contributed by atoms with van der Waals surface area (Å²) in [5.41, 5.74) is 6.64. The van der Waals surface area contributed by atoms with Gasteiger partial charge in [-0.15, -0.1) is 0 Å². The molecule has 0 aliphatic heterocycles. The van der Waals surface area contributed by atoms with Crippen molar-refractivity contribution in [3.63, 3.8) is 0 Å². The standard InChI is InChI=1S/C11H11ClFN3O/c1-16-5-7(4-15-16)6-17-11-9(13)2-8(12)3-10(11)14/h2-5H,6,14H2,1H3. The topological polar surface area (TPSA) is 53.1 Å². The third-order valence-corrected chi connectivity index (χ3v) is 2.40. The molecule has 17 heavy (non-hydrogen) atoms. The number of ether oxygens (including phenoxy) is 1. The second-order valence-corrected chi connectivity index (χ2v) is 4.05. The molecule has 1 aromatic carbocycles. The highest BCUT2D eigenvalue weighted by molar-refractivity contribution is 6.30. The Morgan fingerprint density at radius 3 is 2.88 bits per heavy atom. The molecule has 0 aliphatic carbocycles. The Labute approximate surface area is 103 Å². The summed E-state index contributed by atoms with van der Waals surface area (Å²) in [6, 6.07) is 2.61. The molecule has 90 valence electrons. The first-order chi connectivity index (χ1) is 8.06. The van der Waals surface area contributed by atoms with E-state index < -0.39 is 5.82 Å². The molecule has 0 spiro atoms. The lowest BCUT2D eigenvalue weighted by Gasteiger charge is -2.09. The van der Waals surface area contributed by atoms with Crippen molar-refractivity contribution in [2.75, 3.05) is 5.73 Å². The number of benzene rings is 1. The maximum absolute atomic E-state index is 13.5. The molecule has 0 radical (unpaired) electrons. The van der Waals surface area contributed by atoms with Crippen LogP contribution in [0.5, 0.6) is 5.75 Å². The zero-order valence-corrected chi connectivity index (χ0v) is 9.91. The smallest absolute Gasteiger partial charge is 0.178 e. The number of halogens is 2. The molecule has 2 aromatic rings. The quantitative estimate of drug-likeness (QED) is 0.857. The monoisotopic (exact) mass is 255 g/mol. The van der Waals surface area contributed by atoms with E-state index in [4.69, 9.17) is 22.1 Å². The normalized spacial score (nSPS) is 10.5. The van der Waals surface area contributed by atoms with Crippen molar-refractivity contribution in [1.82, 2.24) is 9.78 Å². The van der Waals surface area contributed by atoms with Crippen LogP contribution in [0.25, 0.3) is 0 Å². The first kappa shape index (κ1) is 11.7. The lowest BCUT2D eigenvalue weighted by molar-refractivity contribution is 0.292. The average molecular weight is 256 g/mol. The number of hydrogen-bond acceptors (Lipinski definition) is 3. The van der Waals surface area contributed by atoms with E-state index in [-0.39, 0.29) is 23.1 Å². The van der Waals surface area contributed by atoms with Crippen LogP contribution in [0, 0.1) is 5.82 Å². The van der Waals surface area contributed by atoms with Crippen molar-refractivity contribution in [2.24, 2.45) is 7.05 Å². The van der Waals surface area contributed by atoms with Gasteiger partial charge in [-0.25, -0.2) is 4.39 Å². The summed E-state index contributed by atoms with van der Waals surface area (Å²) in [7, 11) is 1.79. The molecule has 0 unspecified atom stereocenters.